The Morgan fingerprint density at radius 3 is 3.00 bits per heavy atom. The number of nitrogens with zero attached hydrogens (tertiary/aromatic N) is 2. The lowest BCUT2D eigenvalue weighted by Crippen LogP contribution is -2.48. The Bertz CT molecular complexity index is 523. The van der Waals surface area contributed by atoms with Crippen LogP contribution in [0.3, 0.4) is 0 Å². The zero-order valence-corrected chi connectivity index (χ0v) is 11.2. The minimum Gasteiger partial charge on any atom is -0.444 e. The minimum atomic E-state index is 0.550. The van der Waals surface area contributed by atoms with E-state index in [-0.39, 0.29) is 0 Å². The lowest BCUT2D eigenvalue weighted by molar-refractivity contribution is 0.197. The SMILES string of the molecule is C[C@@H]1CN(Cc2coc(-c3ccccc3)n2)CCN1. The topological polar surface area (TPSA) is 41.3 Å². The van der Waals surface area contributed by atoms with E-state index in [0.717, 1.165) is 37.4 Å². The van der Waals surface area contributed by atoms with Gasteiger partial charge in [0.2, 0.25) is 5.89 Å². The second-order valence-corrected chi connectivity index (χ2v) is 5.10. The van der Waals surface area contributed by atoms with Gasteiger partial charge in [0.1, 0.15) is 6.26 Å². The third kappa shape index (κ3) is 3.03. The van der Waals surface area contributed by atoms with Gasteiger partial charge >= 0.3 is 0 Å². The van der Waals surface area contributed by atoms with Crippen LogP contribution in [0.4, 0.5) is 0 Å². The van der Waals surface area contributed by atoms with Gasteiger partial charge in [0.15, 0.2) is 0 Å². The Labute approximate surface area is 113 Å². The van der Waals surface area contributed by atoms with Crippen LogP contribution in [0.15, 0.2) is 41.0 Å². The molecule has 0 saturated carbocycles. The van der Waals surface area contributed by atoms with Crippen molar-refractivity contribution < 1.29 is 4.42 Å². The Kier molecular flexibility index (Phi) is 3.62. The fourth-order valence-electron chi connectivity index (χ4n) is 2.48. The first kappa shape index (κ1) is 12.4. The van der Waals surface area contributed by atoms with Crippen LogP contribution in [0.25, 0.3) is 11.5 Å². The van der Waals surface area contributed by atoms with Crippen molar-refractivity contribution in [3.63, 3.8) is 0 Å². The molecule has 0 aliphatic carbocycles. The molecule has 0 unspecified atom stereocenters. The molecule has 0 radical (unpaired) electrons. The first-order chi connectivity index (χ1) is 9.31. The van der Waals surface area contributed by atoms with Crippen molar-refractivity contribution >= 4 is 0 Å². The van der Waals surface area contributed by atoms with Gasteiger partial charge in [-0.15, -0.1) is 0 Å². The molecular weight excluding hydrogens is 238 g/mol. The lowest BCUT2D eigenvalue weighted by atomic mass is 10.2. The summed E-state index contributed by atoms with van der Waals surface area (Å²) in [6.45, 7) is 6.25. The molecule has 1 saturated heterocycles. The fourth-order valence-corrected chi connectivity index (χ4v) is 2.48. The summed E-state index contributed by atoms with van der Waals surface area (Å²) in [5.41, 5.74) is 2.04. The molecule has 3 rings (SSSR count). The van der Waals surface area contributed by atoms with Crippen molar-refractivity contribution in [1.29, 1.82) is 0 Å². The molecule has 0 spiro atoms. The average Bonchev–Trinajstić information content (AvgIpc) is 2.88. The highest BCUT2D eigenvalue weighted by Crippen LogP contribution is 2.18. The Hall–Kier alpha value is -1.65. The summed E-state index contributed by atoms with van der Waals surface area (Å²) in [5.74, 6) is 0.707. The molecule has 4 heteroatoms. The minimum absolute atomic E-state index is 0.550. The number of hydrogen-bond donors (Lipinski definition) is 1. The molecule has 0 amide bonds. The molecule has 1 aliphatic heterocycles. The standard InChI is InChI=1S/C15H19N3O/c1-12-9-18(8-7-16-12)10-14-11-19-15(17-14)13-5-3-2-4-6-13/h2-6,11-12,16H,7-10H2,1H3/t12-/m1/s1. The van der Waals surface area contributed by atoms with Crippen LogP contribution in [0.5, 0.6) is 0 Å². The lowest BCUT2D eigenvalue weighted by Gasteiger charge is -2.31. The maximum Gasteiger partial charge on any atom is 0.226 e. The number of rotatable bonds is 3. The number of aromatic nitrogens is 1. The van der Waals surface area contributed by atoms with Gasteiger partial charge in [-0.25, -0.2) is 4.98 Å². The molecule has 1 N–H and O–H groups in total. The zero-order valence-electron chi connectivity index (χ0n) is 11.2. The van der Waals surface area contributed by atoms with Crippen molar-refractivity contribution in [2.75, 3.05) is 19.6 Å². The largest absolute Gasteiger partial charge is 0.444 e. The van der Waals surface area contributed by atoms with E-state index in [0.29, 0.717) is 11.9 Å². The van der Waals surface area contributed by atoms with Gasteiger partial charge in [-0.2, -0.15) is 0 Å². The molecular formula is C15H19N3O. The second-order valence-electron chi connectivity index (χ2n) is 5.10. The summed E-state index contributed by atoms with van der Waals surface area (Å²) in [6, 6.07) is 10.6. The monoisotopic (exact) mass is 257 g/mol. The third-order valence-corrected chi connectivity index (χ3v) is 3.41. The molecule has 1 aromatic heterocycles. The summed E-state index contributed by atoms with van der Waals surface area (Å²) in [6.07, 6.45) is 1.77. The molecule has 1 aromatic carbocycles. The number of nitrogens with one attached hydrogen (secondary N) is 1. The molecule has 1 fully saturated rings. The Morgan fingerprint density at radius 1 is 1.37 bits per heavy atom. The van der Waals surface area contributed by atoms with Crippen LogP contribution in [0.2, 0.25) is 0 Å². The van der Waals surface area contributed by atoms with E-state index in [9.17, 15) is 0 Å². The summed E-state index contributed by atoms with van der Waals surface area (Å²) < 4.78 is 5.57. The average molecular weight is 257 g/mol. The van der Waals surface area contributed by atoms with E-state index in [2.05, 4.69) is 22.1 Å². The van der Waals surface area contributed by atoms with Gasteiger partial charge in [-0.3, -0.25) is 4.90 Å². The zero-order chi connectivity index (χ0) is 13.1. The fraction of sp³-hybridized carbons (Fsp3) is 0.400. The first-order valence-corrected chi connectivity index (χ1v) is 6.77. The highest BCUT2D eigenvalue weighted by molar-refractivity contribution is 5.52. The molecule has 100 valence electrons. The number of oxazole rings is 1. The summed E-state index contributed by atoms with van der Waals surface area (Å²) >= 11 is 0. The van der Waals surface area contributed by atoms with Crippen molar-refractivity contribution in [3.05, 3.63) is 42.3 Å². The van der Waals surface area contributed by atoms with E-state index in [1.165, 1.54) is 0 Å². The molecule has 4 nitrogen and oxygen atoms in total. The summed E-state index contributed by atoms with van der Waals surface area (Å²) in [4.78, 5) is 6.98. The summed E-state index contributed by atoms with van der Waals surface area (Å²) in [7, 11) is 0. The van der Waals surface area contributed by atoms with Gasteiger partial charge in [0.05, 0.1) is 5.69 Å². The predicted molar refractivity (Wildman–Crippen MR) is 74.7 cm³/mol. The van der Waals surface area contributed by atoms with Gasteiger partial charge in [0.25, 0.3) is 0 Å². The van der Waals surface area contributed by atoms with Gasteiger partial charge < -0.3 is 9.73 Å². The van der Waals surface area contributed by atoms with Crippen LogP contribution in [0, 0.1) is 0 Å². The van der Waals surface area contributed by atoms with E-state index in [1.54, 1.807) is 6.26 Å². The van der Waals surface area contributed by atoms with Crippen LogP contribution in [0.1, 0.15) is 12.6 Å². The van der Waals surface area contributed by atoms with Crippen molar-refractivity contribution in [2.24, 2.45) is 0 Å². The van der Waals surface area contributed by atoms with E-state index in [1.807, 2.05) is 30.3 Å². The molecule has 2 aromatic rings. The third-order valence-electron chi connectivity index (χ3n) is 3.41. The van der Waals surface area contributed by atoms with Crippen LogP contribution in [-0.4, -0.2) is 35.6 Å². The van der Waals surface area contributed by atoms with Crippen LogP contribution in [-0.2, 0) is 6.54 Å². The number of piperazine rings is 1. The predicted octanol–water partition coefficient (Wildman–Crippen LogP) is 2.14. The molecule has 2 heterocycles. The maximum absolute atomic E-state index is 5.57. The van der Waals surface area contributed by atoms with Gasteiger partial charge in [-0.1, -0.05) is 18.2 Å². The van der Waals surface area contributed by atoms with Gasteiger partial charge in [-0.05, 0) is 19.1 Å². The van der Waals surface area contributed by atoms with E-state index < -0.39 is 0 Å². The number of benzene rings is 1. The molecule has 1 aliphatic rings. The van der Waals surface area contributed by atoms with Crippen molar-refractivity contribution in [1.82, 2.24) is 15.2 Å². The van der Waals surface area contributed by atoms with Gasteiger partial charge in [0, 0.05) is 37.8 Å². The highest BCUT2D eigenvalue weighted by Gasteiger charge is 2.17. The molecule has 1 atom stereocenters. The second kappa shape index (κ2) is 5.55. The van der Waals surface area contributed by atoms with Crippen LogP contribution < -0.4 is 5.32 Å². The molecule has 0 bridgehead atoms. The van der Waals surface area contributed by atoms with E-state index in [4.69, 9.17) is 4.42 Å². The maximum atomic E-state index is 5.57. The Balaban J connectivity index is 1.68. The highest BCUT2D eigenvalue weighted by atomic mass is 16.3. The summed E-state index contributed by atoms with van der Waals surface area (Å²) in [5, 5.41) is 3.44. The normalized spacial score (nSPS) is 20.6. The van der Waals surface area contributed by atoms with Crippen LogP contribution >= 0.6 is 0 Å². The first-order valence-electron chi connectivity index (χ1n) is 6.77. The van der Waals surface area contributed by atoms with Crippen molar-refractivity contribution in [3.8, 4) is 11.5 Å². The smallest absolute Gasteiger partial charge is 0.226 e. The number of hydrogen-bond acceptors (Lipinski definition) is 4. The quantitative estimate of drug-likeness (QED) is 0.914. The van der Waals surface area contributed by atoms with Crippen molar-refractivity contribution in [2.45, 2.75) is 19.5 Å². The van der Waals surface area contributed by atoms with E-state index >= 15 is 0 Å². The Morgan fingerprint density at radius 2 is 2.21 bits per heavy atom. The molecule has 19 heavy (non-hydrogen) atoms.